The lowest BCUT2D eigenvalue weighted by Gasteiger charge is -2.11. The highest BCUT2D eigenvalue weighted by Gasteiger charge is 2.19. The summed E-state index contributed by atoms with van der Waals surface area (Å²) < 4.78 is 10.0. The zero-order valence-electron chi connectivity index (χ0n) is 13.7. The van der Waals surface area contributed by atoms with Crippen molar-refractivity contribution in [1.82, 2.24) is 0 Å². The molecule has 0 aliphatic heterocycles. The van der Waals surface area contributed by atoms with E-state index in [0.29, 0.717) is 5.75 Å². The monoisotopic (exact) mass is 379 g/mol. The van der Waals surface area contributed by atoms with E-state index in [2.05, 4.69) is 10.6 Å². The number of methoxy groups -OCH3 is 2. The standard InChI is InChI=1S/C16H14ClN3O6/c1-25-13-5-3-9(7-11(13)17)18-15(21)16(22)19-12-8-10(20(23)24)4-6-14(12)26-2/h3-8H,1-2H3,(H,18,21)(H,19,22). The fourth-order valence-corrected chi connectivity index (χ4v) is 2.28. The highest BCUT2D eigenvalue weighted by molar-refractivity contribution is 6.44. The molecule has 2 rings (SSSR count). The molecule has 0 radical (unpaired) electrons. The lowest BCUT2D eigenvalue weighted by atomic mass is 10.2. The maximum absolute atomic E-state index is 12.1. The Morgan fingerprint density at radius 2 is 1.62 bits per heavy atom. The lowest BCUT2D eigenvalue weighted by Crippen LogP contribution is -2.29. The van der Waals surface area contributed by atoms with Crippen LogP contribution in [0.4, 0.5) is 17.1 Å². The number of carbonyl (C=O) groups is 2. The third kappa shape index (κ3) is 4.39. The van der Waals surface area contributed by atoms with Crippen molar-refractivity contribution in [3.8, 4) is 11.5 Å². The highest BCUT2D eigenvalue weighted by Crippen LogP contribution is 2.29. The Hall–Kier alpha value is -3.33. The molecule has 0 bridgehead atoms. The Labute approximate surface area is 153 Å². The summed E-state index contributed by atoms with van der Waals surface area (Å²) in [5.74, 6) is -1.43. The maximum Gasteiger partial charge on any atom is 0.314 e. The number of hydrogen-bond donors (Lipinski definition) is 2. The second kappa shape index (κ2) is 8.17. The summed E-state index contributed by atoms with van der Waals surface area (Å²) in [7, 11) is 2.77. The maximum atomic E-state index is 12.1. The summed E-state index contributed by atoms with van der Waals surface area (Å²) in [4.78, 5) is 34.3. The Morgan fingerprint density at radius 1 is 1.00 bits per heavy atom. The van der Waals surface area contributed by atoms with Crippen LogP contribution in [0.3, 0.4) is 0 Å². The third-order valence-corrected chi connectivity index (χ3v) is 3.55. The van der Waals surface area contributed by atoms with Gasteiger partial charge in [0.05, 0.1) is 29.9 Å². The van der Waals surface area contributed by atoms with Crippen LogP contribution in [0.5, 0.6) is 11.5 Å². The van der Waals surface area contributed by atoms with Crippen LogP contribution in [0.1, 0.15) is 0 Å². The number of anilines is 2. The Morgan fingerprint density at radius 3 is 2.19 bits per heavy atom. The van der Waals surface area contributed by atoms with Crippen LogP contribution in [-0.2, 0) is 9.59 Å². The van der Waals surface area contributed by atoms with Gasteiger partial charge in [-0.25, -0.2) is 0 Å². The van der Waals surface area contributed by atoms with E-state index in [1.54, 1.807) is 0 Å². The largest absolute Gasteiger partial charge is 0.495 e. The first-order valence-corrected chi connectivity index (χ1v) is 7.51. The fraction of sp³-hybridized carbons (Fsp3) is 0.125. The zero-order chi connectivity index (χ0) is 19.3. The fourth-order valence-electron chi connectivity index (χ4n) is 2.02. The summed E-state index contributed by atoms with van der Waals surface area (Å²) in [6.45, 7) is 0. The normalized spacial score (nSPS) is 9.96. The molecule has 136 valence electrons. The van der Waals surface area contributed by atoms with Gasteiger partial charge in [-0.15, -0.1) is 0 Å². The van der Waals surface area contributed by atoms with Crippen molar-refractivity contribution >= 4 is 40.5 Å². The molecule has 0 unspecified atom stereocenters. The van der Waals surface area contributed by atoms with Crippen molar-refractivity contribution in [1.29, 1.82) is 0 Å². The number of amides is 2. The quantitative estimate of drug-likeness (QED) is 0.468. The number of carbonyl (C=O) groups excluding carboxylic acids is 2. The molecule has 2 N–H and O–H groups in total. The number of rotatable bonds is 5. The molecule has 0 fully saturated rings. The van der Waals surface area contributed by atoms with E-state index in [-0.39, 0.29) is 27.8 Å². The minimum absolute atomic E-state index is 0.00499. The van der Waals surface area contributed by atoms with Gasteiger partial charge in [-0.3, -0.25) is 19.7 Å². The molecule has 9 nitrogen and oxygen atoms in total. The van der Waals surface area contributed by atoms with Gasteiger partial charge in [0.25, 0.3) is 5.69 Å². The number of nitrogens with one attached hydrogen (secondary N) is 2. The van der Waals surface area contributed by atoms with E-state index in [9.17, 15) is 19.7 Å². The van der Waals surface area contributed by atoms with Crippen LogP contribution in [0.2, 0.25) is 5.02 Å². The molecule has 2 amide bonds. The molecule has 10 heteroatoms. The molecule has 0 aliphatic carbocycles. The van der Waals surface area contributed by atoms with Crippen molar-refractivity contribution in [2.75, 3.05) is 24.9 Å². The summed E-state index contributed by atoms with van der Waals surface area (Å²) in [6, 6.07) is 8.07. The summed E-state index contributed by atoms with van der Waals surface area (Å²) >= 11 is 5.95. The number of nitro groups is 1. The van der Waals surface area contributed by atoms with Crippen LogP contribution in [0, 0.1) is 10.1 Å². The minimum Gasteiger partial charge on any atom is -0.495 e. The van der Waals surface area contributed by atoms with E-state index in [1.807, 2.05) is 0 Å². The predicted octanol–water partition coefficient (Wildman–Crippen LogP) is 2.84. The van der Waals surface area contributed by atoms with Crippen LogP contribution in [0.25, 0.3) is 0 Å². The second-order valence-electron chi connectivity index (χ2n) is 4.90. The van der Waals surface area contributed by atoms with Crippen molar-refractivity contribution in [3.05, 3.63) is 51.5 Å². The molecule has 0 saturated heterocycles. The lowest BCUT2D eigenvalue weighted by molar-refractivity contribution is -0.384. The Kier molecular flexibility index (Phi) is 5.97. The molecule has 0 atom stereocenters. The van der Waals surface area contributed by atoms with E-state index in [1.165, 1.54) is 44.6 Å². The molecule has 0 heterocycles. The molecule has 0 aromatic heterocycles. The summed E-state index contributed by atoms with van der Waals surface area (Å²) in [6.07, 6.45) is 0. The van der Waals surface area contributed by atoms with Crippen LogP contribution in [-0.4, -0.2) is 31.0 Å². The third-order valence-electron chi connectivity index (χ3n) is 3.26. The first-order valence-electron chi connectivity index (χ1n) is 7.14. The molecule has 2 aromatic carbocycles. The van der Waals surface area contributed by atoms with Crippen molar-refractivity contribution in [2.45, 2.75) is 0 Å². The van der Waals surface area contributed by atoms with Gasteiger partial charge in [-0.05, 0) is 24.3 Å². The number of non-ortho nitro benzene ring substituents is 1. The van der Waals surface area contributed by atoms with E-state index in [4.69, 9.17) is 21.1 Å². The van der Waals surface area contributed by atoms with E-state index in [0.717, 1.165) is 6.07 Å². The minimum atomic E-state index is -1.03. The van der Waals surface area contributed by atoms with Gasteiger partial charge in [0.2, 0.25) is 0 Å². The average molecular weight is 380 g/mol. The van der Waals surface area contributed by atoms with Gasteiger partial charge in [-0.1, -0.05) is 11.6 Å². The highest BCUT2D eigenvalue weighted by atomic mass is 35.5. The predicted molar refractivity (Wildman–Crippen MR) is 94.9 cm³/mol. The number of nitrogens with zero attached hydrogens (tertiary/aromatic N) is 1. The molecule has 26 heavy (non-hydrogen) atoms. The Bertz CT molecular complexity index is 871. The number of hydrogen-bond acceptors (Lipinski definition) is 6. The first kappa shape index (κ1) is 19.0. The summed E-state index contributed by atoms with van der Waals surface area (Å²) in [5.41, 5.74) is 0.0139. The van der Waals surface area contributed by atoms with Gasteiger partial charge in [0.1, 0.15) is 11.5 Å². The second-order valence-corrected chi connectivity index (χ2v) is 5.31. The summed E-state index contributed by atoms with van der Waals surface area (Å²) in [5, 5.41) is 15.7. The topological polar surface area (TPSA) is 120 Å². The SMILES string of the molecule is COc1ccc(NC(=O)C(=O)Nc2cc([N+](=O)[O-])ccc2OC)cc1Cl. The molecule has 0 saturated carbocycles. The average Bonchev–Trinajstić information content (AvgIpc) is 2.61. The molecule has 0 spiro atoms. The number of nitro benzene ring substituents is 1. The van der Waals surface area contributed by atoms with Gasteiger partial charge in [0, 0.05) is 17.8 Å². The van der Waals surface area contributed by atoms with E-state index >= 15 is 0 Å². The van der Waals surface area contributed by atoms with Crippen LogP contribution < -0.4 is 20.1 Å². The number of benzene rings is 2. The van der Waals surface area contributed by atoms with Gasteiger partial charge in [-0.2, -0.15) is 0 Å². The molecular weight excluding hydrogens is 366 g/mol. The van der Waals surface area contributed by atoms with Crippen molar-refractivity contribution < 1.29 is 24.0 Å². The molecular formula is C16H14ClN3O6. The molecule has 0 aliphatic rings. The van der Waals surface area contributed by atoms with Crippen molar-refractivity contribution in [3.63, 3.8) is 0 Å². The number of ether oxygens (including phenoxy) is 2. The molecule has 2 aromatic rings. The van der Waals surface area contributed by atoms with Crippen LogP contribution >= 0.6 is 11.6 Å². The zero-order valence-corrected chi connectivity index (χ0v) is 14.5. The van der Waals surface area contributed by atoms with Gasteiger partial charge in [0.15, 0.2) is 0 Å². The van der Waals surface area contributed by atoms with Crippen molar-refractivity contribution in [2.24, 2.45) is 0 Å². The van der Waals surface area contributed by atoms with Gasteiger partial charge < -0.3 is 20.1 Å². The Balaban J connectivity index is 2.14. The van der Waals surface area contributed by atoms with Crippen LogP contribution in [0.15, 0.2) is 36.4 Å². The smallest absolute Gasteiger partial charge is 0.314 e. The van der Waals surface area contributed by atoms with E-state index < -0.39 is 16.7 Å². The number of halogens is 1. The first-order chi connectivity index (χ1) is 12.3. The van der Waals surface area contributed by atoms with Gasteiger partial charge >= 0.3 is 11.8 Å².